The van der Waals surface area contributed by atoms with E-state index in [1.165, 1.54) is 0 Å². The summed E-state index contributed by atoms with van der Waals surface area (Å²) in [6, 6.07) is 0. The van der Waals surface area contributed by atoms with Gasteiger partial charge in [0.15, 0.2) is 0 Å². The third kappa shape index (κ3) is 3.25. The fourth-order valence-electron chi connectivity index (χ4n) is 1.57. The highest BCUT2D eigenvalue weighted by molar-refractivity contribution is 5.75. The van der Waals surface area contributed by atoms with Crippen LogP contribution in [0.25, 0.3) is 0 Å². The average Bonchev–Trinajstić information content (AvgIpc) is 2.62. The van der Waals surface area contributed by atoms with Gasteiger partial charge in [-0.3, -0.25) is 13.9 Å². The molecule has 90 valence electrons. The molecule has 0 unspecified atom stereocenters. The van der Waals surface area contributed by atoms with Crippen LogP contribution in [-0.4, -0.2) is 22.1 Å². The first-order chi connectivity index (χ1) is 7.69. The predicted octanol–water partition coefficient (Wildman–Crippen LogP) is 0.586. The maximum absolute atomic E-state index is 11.7. The van der Waals surface area contributed by atoms with E-state index in [0.29, 0.717) is 19.4 Å². The van der Waals surface area contributed by atoms with Crippen LogP contribution in [0.1, 0.15) is 26.2 Å². The molecule has 0 aromatic carbocycles. The number of amides is 1. The standard InChI is InChI=1S/C11H19N3O2/c1-3-6-13-8-9-14(11(13)16)7-4-5-10(15)12-2/h8-9H,3-7H2,1-2H3,(H,12,15). The number of nitrogens with zero attached hydrogens (tertiary/aromatic N) is 2. The molecule has 0 bridgehead atoms. The molecule has 0 saturated heterocycles. The molecular weight excluding hydrogens is 206 g/mol. The number of imidazole rings is 1. The van der Waals surface area contributed by atoms with Crippen molar-refractivity contribution in [1.82, 2.24) is 14.5 Å². The number of nitrogens with one attached hydrogen (secondary N) is 1. The Bertz CT molecular complexity index is 392. The van der Waals surface area contributed by atoms with Crippen LogP contribution in [0.4, 0.5) is 0 Å². The molecule has 5 heteroatoms. The molecule has 0 aliphatic carbocycles. The highest BCUT2D eigenvalue weighted by Gasteiger charge is 2.03. The van der Waals surface area contributed by atoms with Gasteiger partial charge in [-0.05, 0) is 12.8 Å². The number of carbonyl (C=O) groups excluding carboxylic acids is 1. The van der Waals surface area contributed by atoms with Crippen molar-refractivity contribution in [2.45, 2.75) is 39.3 Å². The van der Waals surface area contributed by atoms with Gasteiger partial charge in [-0.2, -0.15) is 0 Å². The van der Waals surface area contributed by atoms with Crippen molar-refractivity contribution in [2.75, 3.05) is 7.05 Å². The van der Waals surface area contributed by atoms with Crippen molar-refractivity contribution < 1.29 is 4.79 Å². The van der Waals surface area contributed by atoms with E-state index in [1.807, 2.05) is 6.92 Å². The minimum absolute atomic E-state index is 0.0127. The highest BCUT2D eigenvalue weighted by atomic mass is 16.2. The van der Waals surface area contributed by atoms with Crippen LogP contribution in [-0.2, 0) is 17.9 Å². The number of aryl methyl sites for hydroxylation is 2. The van der Waals surface area contributed by atoms with Crippen LogP contribution in [0, 0.1) is 0 Å². The summed E-state index contributed by atoms with van der Waals surface area (Å²) in [5.74, 6) is 0.0149. The van der Waals surface area contributed by atoms with E-state index >= 15 is 0 Å². The van der Waals surface area contributed by atoms with Gasteiger partial charge >= 0.3 is 5.69 Å². The minimum atomic E-state index is 0.0127. The van der Waals surface area contributed by atoms with Crippen molar-refractivity contribution in [3.63, 3.8) is 0 Å². The second-order valence-electron chi connectivity index (χ2n) is 3.74. The van der Waals surface area contributed by atoms with Gasteiger partial charge in [-0.1, -0.05) is 6.92 Å². The van der Waals surface area contributed by atoms with Gasteiger partial charge in [0.25, 0.3) is 0 Å². The summed E-state index contributed by atoms with van der Waals surface area (Å²) in [7, 11) is 1.62. The Balaban J connectivity index is 2.48. The first kappa shape index (κ1) is 12.5. The van der Waals surface area contributed by atoms with E-state index in [-0.39, 0.29) is 11.6 Å². The zero-order valence-corrected chi connectivity index (χ0v) is 9.90. The van der Waals surface area contributed by atoms with Gasteiger partial charge in [0.05, 0.1) is 0 Å². The number of hydrogen-bond donors (Lipinski definition) is 1. The zero-order chi connectivity index (χ0) is 12.0. The fourth-order valence-corrected chi connectivity index (χ4v) is 1.57. The summed E-state index contributed by atoms with van der Waals surface area (Å²) < 4.78 is 3.35. The lowest BCUT2D eigenvalue weighted by molar-refractivity contribution is -0.120. The second kappa shape index (κ2) is 6.15. The monoisotopic (exact) mass is 225 g/mol. The van der Waals surface area contributed by atoms with E-state index in [0.717, 1.165) is 13.0 Å². The van der Waals surface area contributed by atoms with E-state index in [9.17, 15) is 9.59 Å². The molecule has 0 aliphatic rings. The summed E-state index contributed by atoms with van der Waals surface area (Å²) in [6.45, 7) is 3.39. The lowest BCUT2D eigenvalue weighted by Crippen LogP contribution is -2.25. The third-order valence-corrected chi connectivity index (χ3v) is 2.46. The quantitative estimate of drug-likeness (QED) is 0.770. The van der Waals surface area contributed by atoms with E-state index in [4.69, 9.17) is 0 Å². The molecule has 0 atom stereocenters. The molecule has 5 nitrogen and oxygen atoms in total. The average molecular weight is 225 g/mol. The van der Waals surface area contributed by atoms with Crippen molar-refractivity contribution in [3.05, 3.63) is 22.9 Å². The Hall–Kier alpha value is -1.52. The Kier molecular flexibility index (Phi) is 4.82. The molecule has 1 amide bonds. The van der Waals surface area contributed by atoms with Crippen LogP contribution < -0.4 is 11.0 Å². The summed E-state index contributed by atoms with van der Waals surface area (Å²) in [5, 5.41) is 2.56. The van der Waals surface area contributed by atoms with Crippen LogP contribution in [0.15, 0.2) is 17.2 Å². The van der Waals surface area contributed by atoms with Crippen molar-refractivity contribution in [1.29, 1.82) is 0 Å². The van der Waals surface area contributed by atoms with E-state index < -0.39 is 0 Å². The summed E-state index contributed by atoms with van der Waals surface area (Å²) in [5.41, 5.74) is 0.0127. The van der Waals surface area contributed by atoms with Crippen molar-refractivity contribution >= 4 is 5.91 Å². The molecule has 1 heterocycles. The molecule has 1 aromatic rings. The Morgan fingerprint density at radius 1 is 1.31 bits per heavy atom. The van der Waals surface area contributed by atoms with Crippen LogP contribution in [0.5, 0.6) is 0 Å². The fraction of sp³-hybridized carbons (Fsp3) is 0.636. The molecule has 0 aliphatic heterocycles. The summed E-state index contributed by atoms with van der Waals surface area (Å²) in [6.07, 6.45) is 5.67. The van der Waals surface area contributed by atoms with Gasteiger partial charge in [-0.15, -0.1) is 0 Å². The van der Waals surface area contributed by atoms with Crippen LogP contribution >= 0.6 is 0 Å². The lowest BCUT2D eigenvalue weighted by Gasteiger charge is -2.01. The lowest BCUT2D eigenvalue weighted by atomic mass is 10.3. The van der Waals surface area contributed by atoms with Crippen molar-refractivity contribution in [3.8, 4) is 0 Å². The number of rotatable bonds is 6. The maximum Gasteiger partial charge on any atom is 0.328 e. The van der Waals surface area contributed by atoms with Gasteiger partial charge < -0.3 is 5.32 Å². The predicted molar refractivity (Wildman–Crippen MR) is 62.3 cm³/mol. The molecular formula is C11H19N3O2. The molecule has 0 radical (unpaired) electrons. The number of carbonyl (C=O) groups is 1. The third-order valence-electron chi connectivity index (χ3n) is 2.46. The van der Waals surface area contributed by atoms with E-state index in [1.54, 1.807) is 28.6 Å². The second-order valence-corrected chi connectivity index (χ2v) is 3.74. The first-order valence-corrected chi connectivity index (χ1v) is 5.65. The molecule has 16 heavy (non-hydrogen) atoms. The first-order valence-electron chi connectivity index (χ1n) is 5.65. The molecule has 0 fully saturated rings. The highest BCUT2D eigenvalue weighted by Crippen LogP contribution is 1.94. The Morgan fingerprint density at radius 3 is 2.50 bits per heavy atom. The van der Waals surface area contributed by atoms with Gasteiger partial charge in [0.1, 0.15) is 0 Å². The molecule has 1 N–H and O–H groups in total. The Labute approximate surface area is 95.1 Å². The van der Waals surface area contributed by atoms with Crippen LogP contribution in [0.2, 0.25) is 0 Å². The molecule has 0 spiro atoms. The van der Waals surface area contributed by atoms with E-state index in [2.05, 4.69) is 5.32 Å². The molecule has 0 saturated carbocycles. The smallest absolute Gasteiger partial charge is 0.328 e. The molecule has 1 aromatic heterocycles. The normalized spacial score (nSPS) is 10.4. The van der Waals surface area contributed by atoms with Crippen molar-refractivity contribution in [2.24, 2.45) is 0 Å². The SMILES string of the molecule is CCCn1ccn(CCCC(=O)NC)c1=O. The largest absolute Gasteiger partial charge is 0.359 e. The number of aromatic nitrogens is 2. The Morgan fingerprint density at radius 2 is 1.94 bits per heavy atom. The van der Waals surface area contributed by atoms with Crippen LogP contribution in [0.3, 0.4) is 0 Å². The minimum Gasteiger partial charge on any atom is -0.359 e. The summed E-state index contributed by atoms with van der Waals surface area (Å²) in [4.78, 5) is 22.7. The van der Waals surface area contributed by atoms with Gasteiger partial charge in [-0.25, -0.2) is 4.79 Å². The summed E-state index contributed by atoms with van der Waals surface area (Å²) >= 11 is 0. The van der Waals surface area contributed by atoms with Gasteiger partial charge in [0, 0.05) is 39.0 Å². The maximum atomic E-state index is 11.7. The topological polar surface area (TPSA) is 56.0 Å². The number of hydrogen-bond acceptors (Lipinski definition) is 2. The zero-order valence-electron chi connectivity index (χ0n) is 9.90. The molecule has 1 rings (SSSR count). The van der Waals surface area contributed by atoms with Gasteiger partial charge in [0.2, 0.25) is 5.91 Å².